The van der Waals surface area contributed by atoms with E-state index in [0.717, 1.165) is 30.4 Å². The van der Waals surface area contributed by atoms with Gasteiger partial charge in [0.25, 0.3) is 5.56 Å². The fourth-order valence-corrected chi connectivity index (χ4v) is 4.32. The van der Waals surface area contributed by atoms with Crippen LogP contribution in [0.4, 0.5) is 5.82 Å². The summed E-state index contributed by atoms with van der Waals surface area (Å²) in [6.07, 6.45) is 6.13. The lowest BCUT2D eigenvalue weighted by Gasteiger charge is -2.32. The zero-order valence-corrected chi connectivity index (χ0v) is 21.6. The number of pyridine rings is 2. The number of ether oxygens (including phenoxy) is 3. The Balaban J connectivity index is 1.61. The summed E-state index contributed by atoms with van der Waals surface area (Å²) in [5, 5.41) is 2.95. The van der Waals surface area contributed by atoms with Gasteiger partial charge in [0.1, 0.15) is 0 Å². The molecule has 11 nitrogen and oxygen atoms in total. The van der Waals surface area contributed by atoms with Gasteiger partial charge in [-0.05, 0) is 31.4 Å². The molecular weight excluding hydrogens is 476 g/mol. The molecule has 0 unspecified atom stereocenters. The molecule has 1 fully saturated rings. The third-order valence-corrected chi connectivity index (χ3v) is 6.36. The second-order valence-electron chi connectivity index (χ2n) is 8.88. The average molecular weight is 511 g/mol. The maximum absolute atomic E-state index is 13.4. The molecule has 0 spiro atoms. The number of methoxy groups -OCH3 is 2. The number of piperidine rings is 1. The van der Waals surface area contributed by atoms with Gasteiger partial charge in [0, 0.05) is 62.9 Å². The molecule has 3 aromatic heterocycles. The fourth-order valence-electron chi connectivity index (χ4n) is 4.32. The van der Waals surface area contributed by atoms with Crippen LogP contribution in [0.1, 0.15) is 26.2 Å². The van der Waals surface area contributed by atoms with E-state index in [1.807, 2.05) is 19.1 Å². The zero-order chi connectivity index (χ0) is 26.2. The standard InChI is InChI=1S/C26H34N6O5/c1-4-11-37-12-10-32-21-13-19(18-7-8-22(36-3)27-14-18)15-28-24(21)30-25(26(32)34)29-16-23(33)31-9-5-6-20(17-31)35-2/h7-8,13-15,20H,4-6,9-12,16-17H2,1-3H3,(H,28,29,30)/t20-/m1/s1. The Bertz CT molecular complexity index is 1260. The third kappa shape index (κ3) is 6.41. The molecule has 4 heterocycles. The molecule has 3 aromatic rings. The topological polar surface area (TPSA) is 121 Å². The highest BCUT2D eigenvalue weighted by molar-refractivity contribution is 5.82. The van der Waals surface area contributed by atoms with E-state index in [4.69, 9.17) is 14.2 Å². The lowest BCUT2D eigenvalue weighted by molar-refractivity contribution is -0.132. The average Bonchev–Trinajstić information content (AvgIpc) is 2.95. The predicted molar refractivity (Wildman–Crippen MR) is 140 cm³/mol. The minimum absolute atomic E-state index is 0.0356. The Morgan fingerprint density at radius 2 is 2.00 bits per heavy atom. The van der Waals surface area contributed by atoms with Crippen LogP contribution in [0.15, 0.2) is 35.4 Å². The van der Waals surface area contributed by atoms with Crippen LogP contribution in [0, 0.1) is 0 Å². The maximum atomic E-state index is 13.4. The summed E-state index contributed by atoms with van der Waals surface area (Å²) in [6, 6.07) is 5.52. The molecule has 1 aliphatic rings. The van der Waals surface area contributed by atoms with Crippen molar-refractivity contribution in [3.05, 3.63) is 40.9 Å². The second-order valence-corrected chi connectivity index (χ2v) is 8.88. The van der Waals surface area contributed by atoms with Gasteiger partial charge in [-0.15, -0.1) is 0 Å². The van der Waals surface area contributed by atoms with Crippen molar-refractivity contribution < 1.29 is 19.0 Å². The lowest BCUT2D eigenvalue weighted by Crippen LogP contribution is -2.45. The Morgan fingerprint density at radius 1 is 1.16 bits per heavy atom. The summed E-state index contributed by atoms with van der Waals surface area (Å²) < 4.78 is 17.8. The van der Waals surface area contributed by atoms with E-state index >= 15 is 0 Å². The lowest BCUT2D eigenvalue weighted by atomic mass is 10.1. The van der Waals surface area contributed by atoms with E-state index in [9.17, 15) is 9.59 Å². The quantitative estimate of drug-likeness (QED) is 0.388. The van der Waals surface area contributed by atoms with E-state index < -0.39 is 0 Å². The van der Waals surface area contributed by atoms with Gasteiger partial charge in [0.2, 0.25) is 11.8 Å². The second kappa shape index (κ2) is 12.6. The fraction of sp³-hybridized carbons (Fsp3) is 0.500. The number of aromatic nitrogens is 4. The van der Waals surface area contributed by atoms with Crippen LogP contribution in [-0.2, 0) is 20.8 Å². The van der Waals surface area contributed by atoms with Gasteiger partial charge in [-0.2, -0.15) is 0 Å². The first-order valence-electron chi connectivity index (χ1n) is 12.6. The third-order valence-electron chi connectivity index (χ3n) is 6.36. The first kappa shape index (κ1) is 26.5. The first-order valence-corrected chi connectivity index (χ1v) is 12.6. The number of nitrogens with zero attached hydrogens (tertiary/aromatic N) is 5. The van der Waals surface area contributed by atoms with E-state index in [1.165, 1.54) is 0 Å². The highest BCUT2D eigenvalue weighted by Gasteiger charge is 2.23. The normalized spacial score (nSPS) is 15.6. The van der Waals surface area contributed by atoms with E-state index in [1.54, 1.807) is 42.1 Å². The van der Waals surface area contributed by atoms with Crippen molar-refractivity contribution in [1.82, 2.24) is 24.4 Å². The Hall–Kier alpha value is -3.57. The number of nitrogens with one attached hydrogen (secondary N) is 1. The van der Waals surface area contributed by atoms with Crippen LogP contribution in [0.5, 0.6) is 5.88 Å². The summed E-state index contributed by atoms with van der Waals surface area (Å²) >= 11 is 0. The van der Waals surface area contributed by atoms with Gasteiger partial charge in [-0.3, -0.25) is 14.2 Å². The van der Waals surface area contributed by atoms with Gasteiger partial charge in [0.15, 0.2) is 11.5 Å². The molecule has 1 atom stereocenters. The van der Waals surface area contributed by atoms with Gasteiger partial charge >= 0.3 is 0 Å². The van der Waals surface area contributed by atoms with Crippen molar-refractivity contribution in [1.29, 1.82) is 0 Å². The van der Waals surface area contributed by atoms with Gasteiger partial charge < -0.3 is 24.4 Å². The number of anilines is 1. The van der Waals surface area contributed by atoms with E-state index in [2.05, 4.69) is 20.3 Å². The predicted octanol–water partition coefficient (Wildman–Crippen LogP) is 2.34. The summed E-state index contributed by atoms with van der Waals surface area (Å²) in [5.41, 5.74) is 2.27. The number of hydrogen-bond donors (Lipinski definition) is 1. The van der Waals surface area contributed by atoms with Crippen molar-refractivity contribution in [3.8, 4) is 17.0 Å². The smallest absolute Gasteiger partial charge is 0.293 e. The summed E-state index contributed by atoms with van der Waals surface area (Å²) in [6.45, 7) is 4.52. The maximum Gasteiger partial charge on any atom is 0.293 e. The van der Waals surface area contributed by atoms with Gasteiger partial charge in [-0.1, -0.05) is 6.92 Å². The molecule has 1 N–H and O–H groups in total. The summed E-state index contributed by atoms with van der Waals surface area (Å²) in [7, 11) is 3.22. The molecular formula is C26H34N6O5. The monoisotopic (exact) mass is 510 g/mol. The van der Waals surface area contributed by atoms with E-state index in [-0.39, 0.29) is 29.9 Å². The molecule has 1 saturated heterocycles. The van der Waals surface area contributed by atoms with Crippen LogP contribution in [0.3, 0.4) is 0 Å². The van der Waals surface area contributed by atoms with Crippen LogP contribution in [0.2, 0.25) is 0 Å². The number of amides is 1. The minimum Gasteiger partial charge on any atom is -0.481 e. The molecule has 1 amide bonds. The van der Waals surface area contributed by atoms with E-state index in [0.29, 0.717) is 49.9 Å². The van der Waals surface area contributed by atoms with Crippen LogP contribution in [-0.4, -0.2) is 83.5 Å². The largest absolute Gasteiger partial charge is 0.481 e. The highest BCUT2D eigenvalue weighted by Crippen LogP contribution is 2.23. The molecule has 4 rings (SSSR count). The van der Waals surface area contributed by atoms with Gasteiger partial charge in [0.05, 0.1) is 31.9 Å². The molecule has 37 heavy (non-hydrogen) atoms. The molecule has 0 saturated carbocycles. The number of likely N-dealkylation sites (tertiary alicyclic amines) is 1. The van der Waals surface area contributed by atoms with Crippen molar-refractivity contribution in [2.75, 3.05) is 52.4 Å². The number of fused-ring (bicyclic) bond motifs is 1. The number of carbonyl (C=O) groups is 1. The van der Waals surface area contributed by atoms with Crippen LogP contribution < -0.4 is 15.6 Å². The molecule has 1 aliphatic heterocycles. The molecule has 11 heteroatoms. The summed E-state index contributed by atoms with van der Waals surface area (Å²) in [5.74, 6) is 0.496. The number of hydrogen-bond acceptors (Lipinski definition) is 9. The molecule has 0 aliphatic carbocycles. The van der Waals surface area contributed by atoms with Crippen LogP contribution in [0.25, 0.3) is 22.3 Å². The summed E-state index contributed by atoms with van der Waals surface area (Å²) in [4.78, 5) is 41.3. The zero-order valence-electron chi connectivity index (χ0n) is 21.6. The Labute approximate surface area is 215 Å². The number of rotatable bonds is 11. The molecule has 0 radical (unpaired) electrons. The van der Waals surface area contributed by atoms with Crippen molar-refractivity contribution in [2.45, 2.75) is 38.8 Å². The van der Waals surface area contributed by atoms with Crippen molar-refractivity contribution in [2.24, 2.45) is 0 Å². The molecule has 0 bridgehead atoms. The molecule has 0 aromatic carbocycles. The van der Waals surface area contributed by atoms with Gasteiger partial charge in [-0.25, -0.2) is 15.0 Å². The Morgan fingerprint density at radius 3 is 2.73 bits per heavy atom. The van der Waals surface area contributed by atoms with Crippen LogP contribution >= 0.6 is 0 Å². The van der Waals surface area contributed by atoms with Crippen molar-refractivity contribution in [3.63, 3.8) is 0 Å². The highest BCUT2D eigenvalue weighted by atomic mass is 16.5. The minimum atomic E-state index is -0.333. The SMILES string of the molecule is CCCOCCn1c(=O)c(NCC(=O)N2CCC[C@@H](OC)C2)nc2ncc(-c3ccc(OC)nc3)cc21. The Kier molecular flexibility index (Phi) is 9.02. The van der Waals surface area contributed by atoms with Crippen molar-refractivity contribution >= 4 is 22.9 Å². The molecule has 198 valence electrons. The number of carbonyl (C=O) groups excluding carboxylic acids is 1. The first-order chi connectivity index (χ1) is 18.0.